The molecule has 0 N–H and O–H groups in total. The molecule has 20 aliphatic heterocycles. The fraction of sp³-hybridized carbons (Fsp3) is 0.327. The molecule has 146 heavy (non-hydrogen) atoms. The van der Waals surface area contributed by atoms with Crippen molar-refractivity contribution in [3.05, 3.63) is 303 Å². The molecule has 0 unspecified atom stereocenters. The standard InChI is InChI=1S/C14H8S4.C12H12S4.C12H12Se4.C10H12S4.C10H12Se4.C7H6S4.C7H6Se4.C6H4S4.C6H4S2Se2.C6H4Se4.2C2H6.7CH4.BH3.FHS.2FH.H2/c1-2-6-10-9(5-1)15-13(16-10)14-17-11-7-3-4-8-12(11)18-14;2*1-3-7-8(4-1)14-11(13-7)12-15-9-5-2-6-10(9)16-12;2*1-5-6(2)12-9(11-5)10-13-7(3)8(4)14-10;2*1-5-4-10-7(11-5)6-8-2-3-9-6;1-2-8-5(7-1)6-9-3-4-10-6;1-3-9-5(7-1)6-8-2-4-10-6;1-2-8-5(7-1)6-9-3-4-10-6;2*1-2;;;;;;;;;1-2;;;/h1-8H;2*1-6H2;2*1-4H3;2*2-4H,1H3;3*1-4H;2*1-2H3;7*1H4;1H3;2H;3*1H/b;;;;;;;;6-5+;;;;;;;;;;;;;;;/i;;;;;;;;;;;;;;;;;;;1T2D;2T;;;1+2T. The van der Waals surface area contributed by atoms with Crippen LogP contribution in [0.2, 0.25) is 0 Å². The average molecular weight is 3580 g/mol. The van der Waals surface area contributed by atoms with E-state index < -0.39 is 21.2 Å². The van der Waals surface area contributed by atoms with E-state index in [-0.39, 0.29) is 61.4 Å². The largest absolute Gasteiger partial charge is 0.269 e. The van der Waals surface area contributed by atoms with Gasteiger partial charge >= 0.3 is 496 Å². The van der Waals surface area contributed by atoms with Gasteiger partial charge in [-0.25, -0.2) is 0 Å². The van der Waals surface area contributed by atoms with Crippen LogP contribution in [0.15, 0.2) is 323 Å². The molecule has 0 aromatic heterocycles. The first-order valence-electron chi connectivity index (χ1n) is 45.4. The molecule has 2 aromatic rings. The van der Waals surface area contributed by atoms with Crippen molar-refractivity contribution in [3.63, 3.8) is 0 Å². The van der Waals surface area contributed by atoms with E-state index >= 15 is 0 Å². The first-order valence-corrected chi connectivity index (χ1v) is 93.1. The van der Waals surface area contributed by atoms with Gasteiger partial charge in [0.2, 0.25) is 0 Å². The molecule has 2 aromatic carbocycles. The molecule has 0 nitrogen and oxygen atoms in total. The number of thiol groups is 1. The maximum Gasteiger partial charge on any atom is 0.141 e. The molecule has 20 heterocycles. The van der Waals surface area contributed by atoms with E-state index in [0.717, 1.165) is 239 Å². The summed E-state index contributed by atoms with van der Waals surface area (Å²) in [5.41, 5.74) is 0. The Hall–Kier alpha value is 8.42. The molecule has 45 heteroatoms. The number of benzene rings is 2. The van der Waals surface area contributed by atoms with E-state index in [0.29, 0.717) is 29.9 Å². The van der Waals surface area contributed by atoms with Gasteiger partial charge in [0.1, 0.15) is 1.12 Å². The van der Waals surface area contributed by atoms with Crippen molar-refractivity contribution in [3.8, 4) is 0 Å². The van der Waals surface area contributed by atoms with Gasteiger partial charge in [-0.3, -0.25) is 9.41 Å². The quantitative estimate of drug-likeness (QED) is 0.196. The Bertz CT molecular complexity index is 5100. The Labute approximate surface area is 1100 Å². The number of hydrogen-bond acceptors (Lipinski definition) is 23. The minimum atomic E-state index is -1.42. The fourth-order valence-electron chi connectivity index (χ4n) is 12.1. The second-order valence-corrected chi connectivity index (χ2v) is 105. The molecule has 4 aliphatic carbocycles. The molecular formula is C101H128BF3S23Se18. The summed E-state index contributed by atoms with van der Waals surface area (Å²) in [6.45, 7) is 30.6. The molecule has 26 rings (SSSR count). The molecule has 0 amide bonds. The molecule has 0 bridgehead atoms. The molecule has 24 aliphatic rings. The Morgan fingerprint density at radius 2 is 0.568 bits per heavy atom. The van der Waals surface area contributed by atoms with E-state index in [9.17, 15) is 3.89 Å². The molecule has 0 atom stereocenters. The SMILES string of the molecule is C.C.C.C.C.C.C.C1=CSC(=C2SC=CS2)S1.C1=C[Se]/C(=C2\SC=C[Se]2)S1.C1=C[Se]C(=C2[Se]C=C[Se]2)[Se]1.C1CC2=C(C1)SC(=C1SC3=C(CCC3)S1)S2.C1CC2=C(C1)[Se]C(=C1[Se]C3=C(CCC3)[Se]1)[Se]2.CC.CC.CC1=C(C)SC(=C2SC(C)=C(C)S2)S1.CC1=C(C)[Se]C(=C2[Se]C(C)=C(C)[Se]2)[Se]1.CC1=CSC(=C2SC=CS2)S1.CC1=C[Se]C(=C2[Se]C=C[Se]2)[Se]1.F.F.[2H]B([3H])[3H].[3H]SF.[3H][3H].c1ccc2c(c1)SC(=C1Sc3ccccc3S1)S2. The maximum atomic E-state index is 9.88. The topological polar surface area (TPSA) is 0 Å². The van der Waals surface area contributed by atoms with Gasteiger partial charge in [0.15, 0.2) is 0 Å². The zero-order valence-electron chi connectivity index (χ0n) is 83.0. The van der Waals surface area contributed by atoms with Crippen molar-refractivity contribution in [1.29, 1.82) is 5.13 Å². The first-order chi connectivity index (χ1) is 69.6. The van der Waals surface area contributed by atoms with Gasteiger partial charge < -0.3 is 0 Å². The van der Waals surface area contributed by atoms with Crippen molar-refractivity contribution in [1.82, 2.24) is 0 Å². The number of allylic oxidation sites excluding steroid dienone is 18. The van der Waals surface area contributed by atoms with Gasteiger partial charge in [-0.2, -0.15) is 3.89 Å². The molecular weight excluding hydrogens is 3440 g/mol. The number of halogens is 3. The second kappa shape index (κ2) is 79.0. The van der Waals surface area contributed by atoms with Gasteiger partial charge in [-0.1, -0.05) is 339 Å². The summed E-state index contributed by atoms with van der Waals surface area (Å²) in [4.78, 5) is 41.0. The second-order valence-electron chi connectivity index (χ2n) is 27.9. The molecule has 0 saturated heterocycles. The molecule has 0 saturated carbocycles. The minimum Gasteiger partial charge on any atom is -0.269 e. The van der Waals surface area contributed by atoms with Gasteiger partial charge in [-0.15, -0.1) is 0 Å². The molecule has 0 radical (unpaired) electrons. The summed E-state index contributed by atoms with van der Waals surface area (Å²) in [5.74, 6) is 0. The fourth-order valence-corrected chi connectivity index (χ4v) is 105. The van der Waals surface area contributed by atoms with Crippen molar-refractivity contribution >= 4 is 549 Å². The van der Waals surface area contributed by atoms with Gasteiger partial charge in [0.25, 0.3) is 0 Å². The minimum absolute atomic E-state index is 0. The Morgan fingerprint density at radius 1 is 0.308 bits per heavy atom. The van der Waals surface area contributed by atoms with Crippen LogP contribution in [0.3, 0.4) is 0 Å². The Kier molecular flexibility index (Phi) is 74.5. The van der Waals surface area contributed by atoms with Gasteiger partial charge in [0.05, 0.1) is 50.7 Å². The molecule has 0 spiro atoms. The van der Waals surface area contributed by atoms with Gasteiger partial charge in [-0.05, 0) is 164 Å². The predicted molar refractivity (Wildman–Crippen MR) is 741 cm³/mol. The number of fused-ring (bicyclic) bond motifs is 2. The van der Waals surface area contributed by atoms with Crippen LogP contribution in [-0.4, -0.2) is 283 Å². The summed E-state index contributed by atoms with van der Waals surface area (Å²) in [6, 6.07) is 17.3. The summed E-state index contributed by atoms with van der Waals surface area (Å²) in [5, 5.41) is 19.5. The van der Waals surface area contributed by atoms with Crippen molar-refractivity contribution in [2.24, 2.45) is 0 Å². The summed E-state index contributed by atoms with van der Waals surface area (Å²) in [6.07, 6.45) is 17.0. The third-order valence-corrected chi connectivity index (χ3v) is 117. The average Bonchev–Trinajstić information content (AvgIpc) is 1.65. The summed E-state index contributed by atoms with van der Waals surface area (Å²) < 4.78 is 92.7. The maximum absolute atomic E-state index is 9.88. The Morgan fingerprint density at radius 3 is 0.829 bits per heavy atom. The smallest absolute Gasteiger partial charge is 0.141 e. The molecule has 0 fully saturated rings. The monoisotopic (exact) mass is 3590 g/mol. The summed E-state index contributed by atoms with van der Waals surface area (Å²) in [7, 11) is -1.42. The zero-order valence-corrected chi connectivity index (χ0v) is 127. The van der Waals surface area contributed by atoms with E-state index in [1.54, 1.807) is 58.1 Å². The number of thioether (sulfide) groups is 22. The summed E-state index contributed by atoms with van der Waals surface area (Å²) >= 11 is 55.4. The number of rotatable bonds is 0. The van der Waals surface area contributed by atoms with Gasteiger partial charge in [0, 0.05) is 55.1 Å². The first kappa shape index (κ1) is 138. The van der Waals surface area contributed by atoms with Crippen LogP contribution in [0.5, 0.6) is 0 Å². The van der Waals surface area contributed by atoms with Crippen molar-refractivity contribution in [2.75, 3.05) is 0 Å². The number of hydrogen-bond donors (Lipinski definition) is 1. The zero-order chi connectivity index (χ0) is 102. The van der Waals surface area contributed by atoms with Crippen LogP contribution in [0.25, 0.3) is 0 Å². The van der Waals surface area contributed by atoms with Crippen LogP contribution in [0, 0.1) is 0 Å². The van der Waals surface area contributed by atoms with E-state index in [1.165, 1.54) is 155 Å². The normalized spacial score (nSPS) is 22.0. The predicted octanol–water partition coefficient (Wildman–Crippen LogP) is 37.8. The third kappa shape index (κ3) is 44.4. The van der Waals surface area contributed by atoms with Crippen LogP contribution >= 0.6 is 272 Å². The van der Waals surface area contributed by atoms with E-state index in [2.05, 4.69) is 258 Å². The van der Waals surface area contributed by atoms with Crippen molar-refractivity contribution in [2.45, 2.75) is 246 Å². The van der Waals surface area contributed by atoms with E-state index in [1.807, 2.05) is 284 Å². The van der Waals surface area contributed by atoms with Crippen LogP contribution in [0.1, 0.15) is 229 Å². The third-order valence-electron chi connectivity index (χ3n) is 18.7. The van der Waals surface area contributed by atoms with Crippen molar-refractivity contribution < 1.29 is 16.3 Å². The van der Waals surface area contributed by atoms with Crippen LogP contribution in [0.4, 0.5) is 13.3 Å². The van der Waals surface area contributed by atoms with Crippen LogP contribution in [-0.2, 0) is 0 Å². The Balaban J connectivity index is 0.000000427. The molecule has 802 valence electrons. The van der Waals surface area contributed by atoms with Crippen LogP contribution < -0.4 is 0 Å². The van der Waals surface area contributed by atoms with E-state index in [4.69, 9.17) is 8.10 Å².